The molecule has 1 atom stereocenters. The normalized spacial score (nSPS) is 19.7. The van der Waals surface area contributed by atoms with E-state index >= 15 is 0 Å². The van der Waals surface area contributed by atoms with Crippen molar-refractivity contribution in [3.05, 3.63) is 34.9 Å². The Balaban J connectivity index is 1.95. The van der Waals surface area contributed by atoms with Gasteiger partial charge in [-0.15, -0.1) is 0 Å². The van der Waals surface area contributed by atoms with Crippen molar-refractivity contribution >= 4 is 17.5 Å². The molecule has 1 amide bonds. The number of likely N-dealkylation sites (tertiary alicyclic amines) is 1. The first-order chi connectivity index (χ1) is 9.38. The third-order valence-corrected chi connectivity index (χ3v) is 4.46. The van der Waals surface area contributed by atoms with Gasteiger partial charge in [-0.3, -0.25) is 4.79 Å². The Morgan fingerprint density at radius 3 is 2.40 bits per heavy atom. The first kappa shape index (κ1) is 15.3. The highest BCUT2D eigenvalue weighted by Crippen LogP contribution is 2.33. The second-order valence-corrected chi connectivity index (χ2v) is 6.37. The van der Waals surface area contributed by atoms with Gasteiger partial charge in [-0.25, -0.2) is 0 Å². The number of piperidine rings is 1. The smallest absolute Gasteiger partial charge is 0.219 e. The molecule has 3 nitrogen and oxygen atoms in total. The molecule has 1 heterocycles. The summed E-state index contributed by atoms with van der Waals surface area (Å²) in [4.78, 5) is 13.2. The standard InChI is InChI=1S/C16H22ClNO2/c1-12(19)18-9-7-13(8-10-18)11-16(2,20)14-3-5-15(17)6-4-14/h3-6,13,20H,7-11H2,1-2H3. The topological polar surface area (TPSA) is 40.5 Å². The van der Waals surface area contributed by atoms with Gasteiger partial charge in [-0.05, 0) is 49.8 Å². The number of carbonyl (C=O) groups is 1. The van der Waals surface area contributed by atoms with Crippen LogP contribution in [0.25, 0.3) is 0 Å². The van der Waals surface area contributed by atoms with E-state index in [9.17, 15) is 9.90 Å². The van der Waals surface area contributed by atoms with Crippen LogP contribution in [0.3, 0.4) is 0 Å². The number of halogens is 1. The Labute approximate surface area is 125 Å². The van der Waals surface area contributed by atoms with E-state index < -0.39 is 5.60 Å². The van der Waals surface area contributed by atoms with E-state index in [4.69, 9.17) is 11.6 Å². The third-order valence-electron chi connectivity index (χ3n) is 4.21. The van der Waals surface area contributed by atoms with Crippen LogP contribution in [0.1, 0.15) is 38.7 Å². The highest BCUT2D eigenvalue weighted by atomic mass is 35.5. The largest absolute Gasteiger partial charge is 0.385 e. The average Bonchev–Trinajstić information content (AvgIpc) is 2.39. The maximum atomic E-state index is 11.3. The summed E-state index contributed by atoms with van der Waals surface area (Å²) >= 11 is 5.88. The molecular weight excluding hydrogens is 274 g/mol. The van der Waals surface area contributed by atoms with Crippen molar-refractivity contribution in [3.63, 3.8) is 0 Å². The predicted molar refractivity (Wildman–Crippen MR) is 80.6 cm³/mol. The first-order valence-corrected chi connectivity index (χ1v) is 7.50. The zero-order valence-electron chi connectivity index (χ0n) is 12.1. The minimum absolute atomic E-state index is 0.146. The molecule has 20 heavy (non-hydrogen) atoms. The maximum absolute atomic E-state index is 11.3. The van der Waals surface area contributed by atoms with E-state index in [1.54, 1.807) is 6.92 Å². The Morgan fingerprint density at radius 2 is 1.90 bits per heavy atom. The maximum Gasteiger partial charge on any atom is 0.219 e. The van der Waals surface area contributed by atoms with Gasteiger partial charge in [0.1, 0.15) is 0 Å². The van der Waals surface area contributed by atoms with Crippen molar-refractivity contribution in [1.29, 1.82) is 0 Å². The summed E-state index contributed by atoms with van der Waals surface area (Å²) in [5.41, 5.74) is 0.0593. The summed E-state index contributed by atoms with van der Waals surface area (Å²) in [5.74, 6) is 0.601. The lowest BCUT2D eigenvalue weighted by Crippen LogP contribution is -2.38. The van der Waals surface area contributed by atoms with Crippen LogP contribution in [0.2, 0.25) is 5.02 Å². The Hall–Kier alpha value is -1.06. The number of carbonyl (C=O) groups excluding carboxylic acids is 1. The summed E-state index contributed by atoms with van der Waals surface area (Å²) < 4.78 is 0. The summed E-state index contributed by atoms with van der Waals surface area (Å²) in [6.07, 6.45) is 2.65. The van der Waals surface area contributed by atoms with Crippen molar-refractivity contribution in [2.24, 2.45) is 5.92 Å². The molecule has 110 valence electrons. The minimum Gasteiger partial charge on any atom is -0.385 e. The fourth-order valence-corrected chi connectivity index (χ4v) is 3.07. The lowest BCUT2D eigenvalue weighted by molar-refractivity contribution is -0.130. The van der Waals surface area contributed by atoms with E-state index in [2.05, 4.69) is 0 Å². The van der Waals surface area contributed by atoms with E-state index in [0.717, 1.165) is 37.9 Å². The molecule has 0 saturated carbocycles. The van der Waals surface area contributed by atoms with Gasteiger partial charge in [0.2, 0.25) is 5.91 Å². The molecule has 0 aliphatic carbocycles. The molecule has 0 radical (unpaired) electrons. The van der Waals surface area contributed by atoms with Crippen LogP contribution >= 0.6 is 11.6 Å². The number of aliphatic hydroxyl groups is 1. The lowest BCUT2D eigenvalue weighted by atomic mass is 9.82. The molecule has 1 aliphatic rings. The molecule has 0 spiro atoms. The van der Waals surface area contributed by atoms with E-state index in [1.807, 2.05) is 36.1 Å². The molecule has 1 aromatic carbocycles. The molecule has 1 N–H and O–H groups in total. The molecule has 1 unspecified atom stereocenters. The molecule has 0 aromatic heterocycles. The summed E-state index contributed by atoms with van der Waals surface area (Å²) in [6.45, 7) is 5.07. The van der Waals surface area contributed by atoms with Gasteiger partial charge in [0.15, 0.2) is 0 Å². The number of benzene rings is 1. The van der Waals surface area contributed by atoms with Crippen LogP contribution in [-0.4, -0.2) is 29.0 Å². The van der Waals surface area contributed by atoms with Crippen LogP contribution < -0.4 is 0 Å². The molecule has 2 rings (SSSR count). The van der Waals surface area contributed by atoms with Crippen molar-refractivity contribution < 1.29 is 9.90 Å². The fraction of sp³-hybridized carbons (Fsp3) is 0.562. The van der Waals surface area contributed by atoms with E-state index in [-0.39, 0.29) is 5.91 Å². The number of nitrogens with zero attached hydrogens (tertiary/aromatic N) is 1. The first-order valence-electron chi connectivity index (χ1n) is 7.12. The van der Waals surface area contributed by atoms with Gasteiger partial charge in [0, 0.05) is 25.0 Å². The average molecular weight is 296 g/mol. The highest BCUT2D eigenvalue weighted by molar-refractivity contribution is 6.30. The zero-order valence-corrected chi connectivity index (χ0v) is 12.9. The van der Waals surface area contributed by atoms with Crippen LogP contribution in [0.4, 0.5) is 0 Å². The second kappa shape index (κ2) is 6.15. The fourth-order valence-electron chi connectivity index (χ4n) is 2.94. The predicted octanol–water partition coefficient (Wildman–Crippen LogP) is 3.20. The molecule has 1 aliphatic heterocycles. The second-order valence-electron chi connectivity index (χ2n) is 5.93. The quantitative estimate of drug-likeness (QED) is 0.930. The van der Waals surface area contributed by atoms with Gasteiger partial charge < -0.3 is 10.0 Å². The number of hydrogen-bond donors (Lipinski definition) is 1. The molecule has 1 aromatic rings. The Kier molecular flexibility index (Phi) is 4.71. The molecule has 1 saturated heterocycles. The Morgan fingerprint density at radius 1 is 1.35 bits per heavy atom. The van der Waals surface area contributed by atoms with Crippen molar-refractivity contribution in [3.8, 4) is 0 Å². The van der Waals surface area contributed by atoms with Gasteiger partial charge in [0.25, 0.3) is 0 Å². The monoisotopic (exact) mass is 295 g/mol. The van der Waals surface area contributed by atoms with Gasteiger partial charge in [0.05, 0.1) is 5.60 Å². The van der Waals surface area contributed by atoms with Gasteiger partial charge >= 0.3 is 0 Å². The molecule has 0 bridgehead atoms. The summed E-state index contributed by atoms with van der Waals surface area (Å²) in [6, 6.07) is 7.38. The number of rotatable bonds is 3. The van der Waals surface area contributed by atoms with E-state index in [0.29, 0.717) is 10.9 Å². The van der Waals surface area contributed by atoms with Crippen LogP contribution in [-0.2, 0) is 10.4 Å². The minimum atomic E-state index is -0.840. The third kappa shape index (κ3) is 3.74. The summed E-state index contributed by atoms with van der Waals surface area (Å²) in [5, 5.41) is 11.4. The SMILES string of the molecule is CC(=O)N1CCC(CC(C)(O)c2ccc(Cl)cc2)CC1. The van der Waals surface area contributed by atoms with Crippen molar-refractivity contribution in [1.82, 2.24) is 4.90 Å². The molecule has 4 heteroatoms. The van der Waals surface area contributed by atoms with E-state index in [1.165, 1.54) is 0 Å². The molecule has 1 fully saturated rings. The van der Waals surface area contributed by atoms with Gasteiger partial charge in [-0.1, -0.05) is 23.7 Å². The van der Waals surface area contributed by atoms with Gasteiger partial charge in [-0.2, -0.15) is 0 Å². The Bertz CT molecular complexity index is 462. The van der Waals surface area contributed by atoms with Crippen molar-refractivity contribution in [2.45, 2.75) is 38.7 Å². The van der Waals surface area contributed by atoms with Crippen molar-refractivity contribution in [2.75, 3.05) is 13.1 Å². The van der Waals surface area contributed by atoms with Crippen LogP contribution in [0.15, 0.2) is 24.3 Å². The zero-order chi connectivity index (χ0) is 14.8. The number of amides is 1. The summed E-state index contributed by atoms with van der Waals surface area (Å²) in [7, 11) is 0. The number of hydrogen-bond acceptors (Lipinski definition) is 2. The van der Waals surface area contributed by atoms with Crippen LogP contribution in [0.5, 0.6) is 0 Å². The lowest BCUT2D eigenvalue weighted by Gasteiger charge is -2.35. The molecular formula is C16H22ClNO2. The van der Waals surface area contributed by atoms with Crippen LogP contribution in [0, 0.1) is 5.92 Å². The highest BCUT2D eigenvalue weighted by Gasteiger charge is 2.30.